The lowest BCUT2D eigenvalue weighted by Crippen LogP contribution is -2.23. The van der Waals surface area contributed by atoms with Gasteiger partial charge in [-0.2, -0.15) is 0 Å². The van der Waals surface area contributed by atoms with E-state index in [2.05, 4.69) is 0 Å². The summed E-state index contributed by atoms with van der Waals surface area (Å²) in [7, 11) is 0. The number of halogens is 1. The highest BCUT2D eigenvalue weighted by Gasteiger charge is 2.33. The molecule has 1 fully saturated rings. The Morgan fingerprint density at radius 3 is 2.60 bits per heavy atom. The van der Waals surface area contributed by atoms with E-state index >= 15 is 0 Å². The van der Waals surface area contributed by atoms with Crippen LogP contribution in [0.2, 0.25) is 0 Å². The van der Waals surface area contributed by atoms with Gasteiger partial charge in [0.2, 0.25) is 0 Å². The van der Waals surface area contributed by atoms with Gasteiger partial charge in [-0.05, 0) is 36.8 Å². The molecule has 0 radical (unpaired) electrons. The first kappa shape index (κ1) is 10.6. The van der Waals surface area contributed by atoms with Gasteiger partial charge in [-0.15, -0.1) is 0 Å². The zero-order chi connectivity index (χ0) is 10.7. The molecule has 1 aliphatic rings. The summed E-state index contributed by atoms with van der Waals surface area (Å²) in [5.41, 5.74) is 6.32. The van der Waals surface area contributed by atoms with Crippen molar-refractivity contribution in [3.05, 3.63) is 35.4 Å². The summed E-state index contributed by atoms with van der Waals surface area (Å²) < 4.78 is 14.6. The molecule has 1 aromatic carbocycles. The van der Waals surface area contributed by atoms with Gasteiger partial charge in [0.15, 0.2) is 0 Å². The van der Waals surface area contributed by atoms with Crippen LogP contribution in [-0.2, 0) is 12.2 Å². The maximum Gasteiger partial charge on any atom is 0.136 e. The highest BCUT2D eigenvalue weighted by molar-refractivity contribution is 5.28. The lowest BCUT2D eigenvalue weighted by Gasteiger charge is -2.30. The first-order valence-electron chi connectivity index (χ1n) is 5.73. The van der Waals surface area contributed by atoms with Gasteiger partial charge in [-0.25, -0.2) is 4.39 Å². The maximum absolute atomic E-state index is 14.6. The zero-order valence-corrected chi connectivity index (χ0v) is 9.01. The van der Waals surface area contributed by atoms with E-state index in [4.69, 9.17) is 5.73 Å². The topological polar surface area (TPSA) is 26.0 Å². The predicted octanol–water partition coefficient (Wildman–Crippen LogP) is 3.27. The van der Waals surface area contributed by atoms with Gasteiger partial charge in [0.05, 0.1) is 0 Å². The van der Waals surface area contributed by atoms with Crippen LogP contribution in [0.15, 0.2) is 24.3 Å². The maximum atomic E-state index is 14.6. The van der Waals surface area contributed by atoms with E-state index in [1.807, 2.05) is 24.3 Å². The molecule has 0 atom stereocenters. The fourth-order valence-corrected chi connectivity index (χ4v) is 2.38. The van der Waals surface area contributed by atoms with Crippen molar-refractivity contribution in [3.63, 3.8) is 0 Å². The number of rotatable bonds is 2. The normalized spacial score (nSPS) is 20.1. The van der Waals surface area contributed by atoms with E-state index in [-0.39, 0.29) is 0 Å². The Labute approximate surface area is 90.5 Å². The molecule has 0 aromatic heterocycles. The Morgan fingerprint density at radius 2 is 1.93 bits per heavy atom. The van der Waals surface area contributed by atoms with Crippen LogP contribution < -0.4 is 5.73 Å². The molecule has 2 rings (SSSR count). The second kappa shape index (κ2) is 4.31. The van der Waals surface area contributed by atoms with Crippen molar-refractivity contribution in [1.29, 1.82) is 0 Å². The van der Waals surface area contributed by atoms with Crippen LogP contribution in [-0.4, -0.2) is 0 Å². The van der Waals surface area contributed by atoms with Crippen molar-refractivity contribution < 1.29 is 4.39 Å². The van der Waals surface area contributed by atoms with Gasteiger partial charge in [-0.1, -0.05) is 30.7 Å². The van der Waals surface area contributed by atoms with Crippen molar-refractivity contribution >= 4 is 0 Å². The molecule has 0 spiro atoms. The van der Waals surface area contributed by atoms with Crippen molar-refractivity contribution in [1.82, 2.24) is 0 Å². The molecule has 1 aliphatic carbocycles. The van der Waals surface area contributed by atoms with E-state index in [1.54, 1.807) is 0 Å². The first-order chi connectivity index (χ1) is 7.24. The number of benzene rings is 1. The van der Waals surface area contributed by atoms with Gasteiger partial charge in [0.1, 0.15) is 5.67 Å². The quantitative estimate of drug-likeness (QED) is 0.791. The highest BCUT2D eigenvalue weighted by atomic mass is 19.1. The summed E-state index contributed by atoms with van der Waals surface area (Å²) in [6.45, 7) is 0.490. The van der Waals surface area contributed by atoms with Crippen molar-refractivity contribution in [3.8, 4) is 0 Å². The van der Waals surface area contributed by atoms with Gasteiger partial charge >= 0.3 is 0 Å². The molecule has 0 bridgehead atoms. The molecule has 1 aromatic rings. The lowest BCUT2D eigenvalue weighted by atomic mass is 9.81. The van der Waals surface area contributed by atoms with E-state index in [0.29, 0.717) is 19.4 Å². The number of nitrogens with two attached hydrogens (primary N) is 1. The Morgan fingerprint density at radius 1 is 1.20 bits per heavy atom. The van der Waals surface area contributed by atoms with Crippen LogP contribution >= 0.6 is 0 Å². The third kappa shape index (κ3) is 2.20. The highest BCUT2D eigenvalue weighted by Crippen LogP contribution is 2.40. The number of hydrogen-bond acceptors (Lipinski definition) is 1. The Hall–Kier alpha value is -0.890. The summed E-state index contributed by atoms with van der Waals surface area (Å²) >= 11 is 0. The Balaban J connectivity index is 2.26. The summed E-state index contributed by atoms with van der Waals surface area (Å²) in [5, 5.41) is 0. The first-order valence-corrected chi connectivity index (χ1v) is 5.73. The average molecular weight is 207 g/mol. The minimum absolute atomic E-state index is 0.490. The van der Waals surface area contributed by atoms with Gasteiger partial charge in [0, 0.05) is 6.54 Å². The smallest absolute Gasteiger partial charge is 0.136 e. The summed E-state index contributed by atoms with van der Waals surface area (Å²) in [6, 6.07) is 7.68. The Bertz CT molecular complexity index is 329. The number of alkyl halides is 1. The fourth-order valence-electron chi connectivity index (χ4n) is 2.38. The number of hydrogen-bond donors (Lipinski definition) is 1. The molecule has 0 unspecified atom stereocenters. The third-order valence-electron chi connectivity index (χ3n) is 3.33. The van der Waals surface area contributed by atoms with Gasteiger partial charge in [-0.3, -0.25) is 0 Å². The molecule has 0 amide bonds. The minimum atomic E-state index is -1.09. The van der Waals surface area contributed by atoms with Crippen LogP contribution in [0.5, 0.6) is 0 Å². The van der Waals surface area contributed by atoms with E-state index in [1.165, 1.54) is 6.42 Å². The zero-order valence-electron chi connectivity index (χ0n) is 9.01. The Kier molecular flexibility index (Phi) is 3.06. The molecule has 2 heteroatoms. The summed E-state index contributed by atoms with van der Waals surface area (Å²) in [6.07, 6.45) is 4.51. The molecule has 0 saturated heterocycles. The van der Waals surface area contributed by atoms with E-state index < -0.39 is 5.67 Å². The molecule has 2 N–H and O–H groups in total. The van der Waals surface area contributed by atoms with Crippen molar-refractivity contribution in [2.45, 2.75) is 44.3 Å². The van der Waals surface area contributed by atoms with Crippen LogP contribution in [0.4, 0.5) is 4.39 Å². The molecule has 15 heavy (non-hydrogen) atoms. The van der Waals surface area contributed by atoms with Crippen LogP contribution in [0.25, 0.3) is 0 Å². The summed E-state index contributed by atoms with van der Waals surface area (Å²) in [4.78, 5) is 0. The van der Waals surface area contributed by atoms with Crippen molar-refractivity contribution in [2.75, 3.05) is 0 Å². The average Bonchev–Trinajstić information content (AvgIpc) is 2.30. The standard InChI is InChI=1S/C13H18FN/c14-13(7-2-1-3-8-13)12-6-4-5-11(9-12)10-15/h4-6,9H,1-3,7-8,10,15H2. The SMILES string of the molecule is NCc1cccc(C2(F)CCCCC2)c1. The molecule has 1 nitrogen and oxygen atoms in total. The molecule has 0 aliphatic heterocycles. The van der Waals surface area contributed by atoms with Gasteiger partial charge in [0.25, 0.3) is 0 Å². The fraction of sp³-hybridized carbons (Fsp3) is 0.538. The van der Waals surface area contributed by atoms with Gasteiger partial charge < -0.3 is 5.73 Å². The van der Waals surface area contributed by atoms with Crippen LogP contribution in [0, 0.1) is 0 Å². The van der Waals surface area contributed by atoms with Crippen LogP contribution in [0.3, 0.4) is 0 Å². The second-order valence-electron chi connectivity index (χ2n) is 4.43. The largest absolute Gasteiger partial charge is 0.326 e. The van der Waals surface area contributed by atoms with E-state index in [0.717, 1.165) is 24.0 Å². The van der Waals surface area contributed by atoms with Crippen LogP contribution in [0.1, 0.15) is 43.2 Å². The predicted molar refractivity (Wildman–Crippen MR) is 60.2 cm³/mol. The molecule has 0 heterocycles. The monoisotopic (exact) mass is 207 g/mol. The van der Waals surface area contributed by atoms with E-state index in [9.17, 15) is 4.39 Å². The molecular formula is C13H18FN. The summed E-state index contributed by atoms with van der Waals surface area (Å²) in [5.74, 6) is 0. The lowest BCUT2D eigenvalue weighted by molar-refractivity contribution is 0.106. The van der Waals surface area contributed by atoms with Crippen molar-refractivity contribution in [2.24, 2.45) is 5.73 Å². The third-order valence-corrected chi connectivity index (χ3v) is 3.33. The minimum Gasteiger partial charge on any atom is -0.326 e. The molecular weight excluding hydrogens is 189 g/mol. The molecule has 1 saturated carbocycles. The second-order valence-corrected chi connectivity index (χ2v) is 4.43. The molecule has 82 valence electrons.